The number of carboxylic acids is 1. The maximum Gasteiger partial charge on any atom is 0.364 e. The molecule has 29 nitrogen and oxygen atoms in total. The summed E-state index contributed by atoms with van der Waals surface area (Å²) < 4.78 is 57.5. The average molecular weight is 1290 g/mol. The predicted molar refractivity (Wildman–Crippen MR) is 318 cm³/mol. The number of carboxylic acid groups (broad SMARTS) is 1. The van der Waals surface area contributed by atoms with Gasteiger partial charge in [0.25, 0.3) is 5.79 Å². The molecule has 9 atom stereocenters. The Balaban J connectivity index is 0.749. The fraction of sp³-hybridized carbons (Fsp3) is 0.754. The van der Waals surface area contributed by atoms with Crippen LogP contribution in [0.2, 0.25) is 5.02 Å². The first kappa shape index (κ1) is 73.8. The third-order valence-electron chi connectivity index (χ3n) is 14.2. The molecule has 1 aromatic heterocycles. The number of unbranched alkanes of at least 4 members (excludes halogenated alkanes) is 4. The lowest BCUT2D eigenvalue weighted by Crippen LogP contribution is -2.68. The van der Waals surface area contributed by atoms with E-state index in [1.165, 1.54) is 6.92 Å². The van der Waals surface area contributed by atoms with Crippen molar-refractivity contribution in [3.8, 4) is 0 Å². The van der Waals surface area contributed by atoms with Crippen molar-refractivity contribution in [3.63, 3.8) is 0 Å². The van der Waals surface area contributed by atoms with Crippen molar-refractivity contribution in [2.75, 3.05) is 131 Å². The number of carbonyl (C=O) groups excluding carboxylic acids is 5. The van der Waals surface area contributed by atoms with Gasteiger partial charge in [-0.15, -0.1) is 5.10 Å². The van der Waals surface area contributed by atoms with Crippen LogP contribution in [0.15, 0.2) is 30.5 Å². The number of aryl methyl sites for hydroxylation is 1. The second-order valence-electron chi connectivity index (χ2n) is 21.2. The van der Waals surface area contributed by atoms with Gasteiger partial charge in [-0.2, -0.15) is 11.8 Å². The van der Waals surface area contributed by atoms with Crippen LogP contribution in [-0.2, 0) is 90.9 Å². The number of hydrogen-bond acceptors (Lipinski definition) is 22. The summed E-state index contributed by atoms with van der Waals surface area (Å²) in [5.74, 6) is -4.22. The lowest BCUT2D eigenvalue weighted by molar-refractivity contribution is -0.310. The van der Waals surface area contributed by atoms with Crippen LogP contribution in [0.1, 0.15) is 82.4 Å². The van der Waals surface area contributed by atoms with Crippen molar-refractivity contribution in [3.05, 3.63) is 46.7 Å². The largest absolute Gasteiger partial charge is 0.477 e. The Kier molecular flexibility index (Phi) is 36.1. The van der Waals surface area contributed by atoms with Crippen LogP contribution in [0, 0.1) is 0 Å². The number of carbonyl (C=O) groups is 6. The van der Waals surface area contributed by atoms with Crippen molar-refractivity contribution < 1.29 is 96.6 Å². The highest BCUT2D eigenvalue weighted by atomic mass is 35.5. The van der Waals surface area contributed by atoms with E-state index < -0.39 is 67.0 Å². The molecule has 0 radical (unpaired) electrons. The number of benzene rings is 1. The number of halogens is 1. The minimum Gasteiger partial charge on any atom is -0.477 e. The molecule has 0 unspecified atom stereocenters. The third-order valence-corrected chi connectivity index (χ3v) is 15.9. The molecule has 6 amide bonds. The Bertz CT molecular complexity index is 2340. The summed E-state index contributed by atoms with van der Waals surface area (Å²) in [4.78, 5) is 72.9. The summed E-state index contributed by atoms with van der Waals surface area (Å²) in [6.45, 7) is 7.91. The maximum atomic E-state index is 12.6. The van der Waals surface area contributed by atoms with E-state index >= 15 is 0 Å². The lowest BCUT2D eigenvalue weighted by atomic mass is 9.88. The van der Waals surface area contributed by atoms with Gasteiger partial charge in [0, 0.05) is 68.4 Å². The van der Waals surface area contributed by atoms with Gasteiger partial charge in [-0.25, -0.2) is 9.59 Å². The summed E-state index contributed by atoms with van der Waals surface area (Å²) in [6.07, 6.45) is 0.453. The predicted octanol–water partition coefficient (Wildman–Crippen LogP) is 0.00570. The molecule has 4 heterocycles. The fourth-order valence-electron chi connectivity index (χ4n) is 9.58. The zero-order valence-corrected chi connectivity index (χ0v) is 51.9. The molecule has 498 valence electrons. The van der Waals surface area contributed by atoms with Crippen molar-refractivity contribution in [1.82, 2.24) is 46.9 Å². The Morgan fingerprint density at radius 1 is 0.739 bits per heavy atom. The molecule has 3 aliphatic rings. The van der Waals surface area contributed by atoms with Crippen LogP contribution in [-0.4, -0.2) is 256 Å². The summed E-state index contributed by atoms with van der Waals surface area (Å²) in [7, 11) is 0. The molecule has 3 saturated heterocycles. The van der Waals surface area contributed by atoms with Gasteiger partial charge < -0.3 is 99.7 Å². The minimum absolute atomic E-state index is 0.0147. The van der Waals surface area contributed by atoms with Gasteiger partial charge in [0.15, 0.2) is 0 Å². The second-order valence-corrected chi connectivity index (χ2v) is 22.9. The molecule has 0 saturated carbocycles. The van der Waals surface area contributed by atoms with Gasteiger partial charge in [0.2, 0.25) is 23.6 Å². The van der Waals surface area contributed by atoms with E-state index in [0.29, 0.717) is 153 Å². The number of aliphatic hydroxyl groups is 3. The SMILES string of the molecule is CC(=O)N[C@H]1[C@H]([C@H](O)[C@H](O)CNC(=O)Cc2ccc(Cl)cc2)O[C@@](OCCCCCCn2cc(COCCOCCOCCOCCNC(=O)CCOCCOCCOCCOCCNC(=O)CCCC[C@H]3SC[C@H]4NC(=O)N[C@H]43)nn2)(C(=O)O)C[C@@H]1O. The number of nitrogens with one attached hydrogen (secondary N) is 6. The summed E-state index contributed by atoms with van der Waals surface area (Å²) in [5.41, 5.74) is 1.31. The first-order chi connectivity index (χ1) is 42.6. The van der Waals surface area contributed by atoms with Crippen LogP contribution in [0.3, 0.4) is 0 Å². The molecule has 2 aromatic rings. The third kappa shape index (κ3) is 29.4. The molecule has 5 rings (SSSR count). The zero-order valence-electron chi connectivity index (χ0n) is 50.3. The number of hydrogen-bond donors (Lipinski definition) is 10. The second kappa shape index (κ2) is 43.0. The van der Waals surface area contributed by atoms with Crippen LogP contribution in [0.5, 0.6) is 0 Å². The van der Waals surface area contributed by atoms with E-state index in [9.17, 15) is 49.2 Å². The Morgan fingerprint density at radius 3 is 1.95 bits per heavy atom. The number of fused-ring (bicyclic) bond motifs is 1. The van der Waals surface area contributed by atoms with Crippen LogP contribution < -0.4 is 31.9 Å². The molecule has 0 spiro atoms. The first-order valence-corrected chi connectivity index (χ1v) is 31.7. The molecule has 10 N–H and O–H groups in total. The number of thioether (sulfide) groups is 1. The summed E-state index contributed by atoms with van der Waals surface area (Å²) >= 11 is 7.79. The zero-order chi connectivity index (χ0) is 63.2. The molecule has 3 fully saturated rings. The maximum absolute atomic E-state index is 12.6. The van der Waals surface area contributed by atoms with Crippen molar-refractivity contribution in [1.29, 1.82) is 0 Å². The minimum atomic E-state index is -2.40. The number of aromatic nitrogens is 3. The number of rotatable bonds is 50. The smallest absolute Gasteiger partial charge is 0.364 e. The molecule has 88 heavy (non-hydrogen) atoms. The Labute approximate surface area is 522 Å². The number of ether oxygens (including phenoxy) is 10. The normalized spacial score (nSPS) is 21.3. The lowest BCUT2D eigenvalue weighted by Gasteiger charge is -2.46. The number of urea groups is 1. The molecule has 31 heteroatoms. The number of aliphatic hydroxyl groups excluding tert-OH is 3. The van der Waals surface area contributed by atoms with Crippen LogP contribution in [0.25, 0.3) is 0 Å². The molecule has 0 bridgehead atoms. The van der Waals surface area contributed by atoms with Crippen LogP contribution >= 0.6 is 23.4 Å². The summed E-state index contributed by atoms with van der Waals surface area (Å²) in [5, 5.41) is 69.1. The first-order valence-electron chi connectivity index (χ1n) is 30.2. The average Bonchev–Trinajstić information content (AvgIpc) is 1.15. The monoisotopic (exact) mass is 1290 g/mol. The van der Waals surface area contributed by atoms with E-state index in [2.05, 4.69) is 42.2 Å². The van der Waals surface area contributed by atoms with Gasteiger partial charge in [0.1, 0.15) is 17.9 Å². The highest BCUT2D eigenvalue weighted by molar-refractivity contribution is 8.00. The van der Waals surface area contributed by atoms with E-state index in [-0.39, 0.29) is 62.6 Å². The molecule has 1 aromatic carbocycles. The highest BCUT2D eigenvalue weighted by Crippen LogP contribution is 2.35. The molecule has 3 aliphatic heterocycles. The van der Waals surface area contributed by atoms with Gasteiger partial charge >= 0.3 is 12.0 Å². The van der Waals surface area contributed by atoms with E-state index in [1.807, 2.05) is 11.8 Å². The van der Waals surface area contributed by atoms with Crippen molar-refractivity contribution in [2.24, 2.45) is 0 Å². The highest BCUT2D eigenvalue weighted by Gasteiger charge is 2.56. The molecule has 0 aliphatic carbocycles. The van der Waals surface area contributed by atoms with E-state index in [1.54, 1.807) is 35.1 Å². The fourth-order valence-corrected chi connectivity index (χ4v) is 11.2. The van der Waals surface area contributed by atoms with E-state index in [4.69, 9.17) is 59.0 Å². The quantitative estimate of drug-likeness (QED) is 0.0308. The Morgan fingerprint density at radius 2 is 1.33 bits per heavy atom. The molecular formula is C57H92ClN9O20S. The van der Waals surface area contributed by atoms with E-state index in [0.717, 1.165) is 37.9 Å². The van der Waals surface area contributed by atoms with Gasteiger partial charge in [-0.05, 0) is 43.4 Å². The number of nitrogens with zero attached hydrogens (tertiary/aromatic N) is 3. The number of amides is 6. The van der Waals surface area contributed by atoms with Crippen molar-refractivity contribution in [2.45, 2.75) is 144 Å². The Hall–Kier alpha value is -4.90. The van der Waals surface area contributed by atoms with Crippen molar-refractivity contribution >= 4 is 59.0 Å². The van der Waals surface area contributed by atoms with Gasteiger partial charge in [-0.1, -0.05) is 48.2 Å². The standard InChI is InChI=1S/C57H92ClN9O20S/c1-40(68)62-52-45(69)35-57(55(75)76,87-54(52)53(74)46(70)36-61-50(73)34-41-10-12-42(58)13-11-41)86-18-7-3-2-6-17-67-37-43(65-66-67)38-85-33-32-84-31-30-83-27-24-80-21-16-60-49(72)14-19-78-22-25-81-28-29-82-26-23-79-20-15-59-48(71)9-5-4-8-47-51-44(39-88-47)63-56(77)64-51/h10-13,37,44-47,51-54,69-70,74H,2-9,14-36,38-39H2,1H3,(H,59,71)(H,60,72)(H,61,73)(H,62,68)(H,75,76)(H2,63,64,77)/t44-,45+,46-,47-,51-,52-,53-,54-,57-/m1/s1. The number of aliphatic carboxylic acids is 1. The topological polar surface area (TPSA) is 379 Å². The van der Waals surface area contributed by atoms with Gasteiger partial charge in [-0.3, -0.25) is 23.9 Å². The van der Waals surface area contributed by atoms with Gasteiger partial charge in [0.05, 0.1) is 155 Å². The van der Waals surface area contributed by atoms with Crippen LogP contribution in [0.4, 0.5) is 4.79 Å². The summed E-state index contributed by atoms with van der Waals surface area (Å²) in [6, 6.07) is 5.62. The molecular weight excluding hydrogens is 1200 g/mol.